The molecule has 0 fully saturated rings. The number of hydrogen-bond donors (Lipinski definition) is 2. The van der Waals surface area contributed by atoms with Gasteiger partial charge in [0, 0.05) is 24.5 Å². The van der Waals surface area contributed by atoms with Gasteiger partial charge in [-0.05, 0) is 28.1 Å². The molecular formula is C11H12BrFN2O2. The van der Waals surface area contributed by atoms with Crippen LogP contribution in [-0.4, -0.2) is 24.9 Å². The van der Waals surface area contributed by atoms with Gasteiger partial charge in [0.25, 0.3) is 5.91 Å². The molecule has 2 N–H and O–H groups in total. The Morgan fingerprint density at radius 1 is 1.29 bits per heavy atom. The maximum Gasteiger partial charge on any atom is 0.255 e. The molecule has 0 aliphatic carbocycles. The van der Waals surface area contributed by atoms with Crippen LogP contribution in [0.4, 0.5) is 4.39 Å². The number of benzene rings is 1. The first-order valence-corrected chi connectivity index (χ1v) is 5.78. The quantitative estimate of drug-likeness (QED) is 0.827. The van der Waals surface area contributed by atoms with E-state index >= 15 is 0 Å². The number of rotatable bonds is 4. The van der Waals surface area contributed by atoms with Crippen molar-refractivity contribution in [3.63, 3.8) is 0 Å². The Bertz CT molecular complexity index is 417. The van der Waals surface area contributed by atoms with E-state index in [9.17, 15) is 14.0 Å². The number of carbonyl (C=O) groups excluding carboxylic acids is 2. The third-order valence-electron chi connectivity index (χ3n) is 1.97. The number of hydrogen-bond acceptors (Lipinski definition) is 2. The molecular weight excluding hydrogens is 291 g/mol. The summed E-state index contributed by atoms with van der Waals surface area (Å²) >= 11 is 3.11. The van der Waals surface area contributed by atoms with Crippen LogP contribution in [0, 0.1) is 5.82 Å². The highest BCUT2D eigenvalue weighted by Crippen LogP contribution is 2.19. The van der Waals surface area contributed by atoms with Crippen LogP contribution in [-0.2, 0) is 4.79 Å². The van der Waals surface area contributed by atoms with Crippen molar-refractivity contribution in [1.82, 2.24) is 10.6 Å². The minimum Gasteiger partial charge on any atom is -0.355 e. The van der Waals surface area contributed by atoms with Gasteiger partial charge >= 0.3 is 0 Å². The van der Waals surface area contributed by atoms with Crippen molar-refractivity contribution < 1.29 is 14.0 Å². The highest BCUT2D eigenvalue weighted by atomic mass is 79.9. The fourth-order valence-electron chi connectivity index (χ4n) is 1.22. The van der Waals surface area contributed by atoms with Crippen molar-refractivity contribution in [3.05, 3.63) is 34.1 Å². The van der Waals surface area contributed by atoms with Crippen molar-refractivity contribution in [2.24, 2.45) is 0 Å². The molecule has 0 aromatic heterocycles. The zero-order chi connectivity index (χ0) is 12.8. The monoisotopic (exact) mass is 302 g/mol. The molecule has 4 nitrogen and oxygen atoms in total. The van der Waals surface area contributed by atoms with Crippen molar-refractivity contribution in [3.8, 4) is 0 Å². The molecule has 17 heavy (non-hydrogen) atoms. The third-order valence-corrected chi connectivity index (χ3v) is 2.64. The van der Waals surface area contributed by atoms with Crippen molar-refractivity contribution in [2.75, 3.05) is 13.1 Å². The van der Waals surface area contributed by atoms with Gasteiger partial charge in [-0.1, -0.05) is 6.07 Å². The van der Waals surface area contributed by atoms with Gasteiger partial charge in [0.05, 0.1) is 5.56 Å². The largest absolute Gasteiger partial charge is 0.355 e. The average molecular weight is 303 g/mol. The lowest BCUT2D eigenvalue weighted by Crippen LogP contribution is -2.34. The molecule has 2 amide bonds. The Kier molecular flexibility index (Phi) is 5.09. The molecule has 0 saturated carbocycles. The molecule has 0 spiro atoms. The van der Waals surface area contributed by atoms with Crippen molar-refractivity contribution in [1.29, 1.82) is 0 Å². The number of halogens is 2. The van der Waals surface area contributed by atoms with Gasteiger partial charge in [0.2, 0.25) is 5.91 Å². The lowest BCUT2D eigenvalue weighted by atomic mass is 10.2. The summed E-state index contributed by atoms with van der Waals surface area (Å²) in [6.07, 6.45) is 0. The molecule has 1 rings (SSSR count). The van der Waals surface area contributed by atoms with Crippen LogP contribution in [0.3, 0.4) is 0 Å². The van der Waals surface area contributed by atoms with E-state index < -0.39 is 11.7 Å². The van der Waals surface area contributed by atoms with Gasteiger partial charge in [-0.15, -0.1) is 0 Å². The van der Waals surface area contributed by atoms with Gasteiger partial charge in [0.15, 0.2) is 0 Å². The molecule has 0 bridgehead atoms. The molecule has 0 aliphatic rings. The molecule has 0 heterocycles. The van der Waals surface area contributed by atoms with E-state index in [1.807, 2.05) is 0 Å². The van der Waals surface area contributed by atoms with Gasteiger partial charge in [-0.3, -0.25) is 9.59 Å². The van der Waals surface area contributed by atoms with E-state index in [1.54, 1.807) is 6.07 Å². The lowest BCUT2D eigenvalue weighted by molar-refractivity contribution is -0.118. The van der Waals surface area contributed by atoms with Gasteiger partial charge in [0.1, 0.15) is 5.82 Å². The van der Waals surface area contributed by atoms with Crippen LogP contribution in [0.2, 0.25) is 0 Å². The highest BCUT2D eigenvalue weighted by Gasteiger charge is 2.14. The van der Waals surface area contributed by atoms with Gasteiger partial charge < -0.3 is 10.6 Å². The lowest BCUT2D eigenvalue weighted by Gasteiger charge is -2.07. The molecule has 0 unspecified atom stereocenters. The van der Waals surface area contributed by atoms with Crippen LogP contribution in [0.25, 0.3) is 0 Å². The summed E-state index contributed by atoms with van der Waals surface area (Å²) in [6, 6.07) is 4.31. The summed E-state index contributed by atoms with van der Waals surface area (Å²) in [5, 5.41) is 5.03. The summed E-state index contributed by atoms with van der Waals surface area (Å²) in [4.78, 5) is 22.2. The molecule has 0 aliphatic heterocycles. The number of nitrogens with one attached hydrogen (secondary N) is 2. The molecule has 0 radical (unpaired) electrons. The fourth-order valence-corrected chi connectivity index (χ4v) is 1.74. The van der Waals surface area contributed by atoms with E-state index in [1.165, 1.54) is 19.1 Å². The Morgan fingerprint density at radius 2 is 1.94 bits per heavy atom. The van der Waals surface area contributed by atoms with Crippen LogP contribution in [0.5, 0.6) is 0 Å². The maximum absolute atomic E-state index is 13.4. The van der Waals surface area contributed by atoms with Crippen molar-refractivity contribution >= 4 is 27.7 Å². The molecule has 1 aromatic carbocycles. The molecule has 0 saturated heterocycles. The molecule has 1 aromatic rings. The SMILES string of the molecule is CC(=O)NCCNC(=O)c1c(F)cccc1Br. The number of amides is 2. The summed E-state index contributed by atoms with van der Waals surface area (Å²) in [5.41, 5.74) is -0.0321. The summed E-state index contributed by atoms with van der Waals surface area (Å²) in [6.45, 7) is 1.95. The first kappa shape index (κ1) is 13.6. The molecule has 6 heteroatoms. The topological polar surface area (TPSA) is 58.2 Å². The summed E-state index contributed by atoms with van der Waals surface area (Å²) < 4.78 is 13.8. The zero-order valence-electron chi connectivity index (χ0n) is 9.22. The second-order valence-electron chi connectivity index (χ2n) is 3.34. The highest BCUT2D eigenvalue weighted by molar-refractivity contribution is 9.10. The first-order valence-electron chi connectivity index (χ1n) is 4.99. The van der Waals surface area contributed by atoms with Crippen LogP contribution >= 0.6 is 15.9 Å². The fraction of sp³-hybridized carbons (Fsp3) is 0.273. The van der Waals surface area contributed by atoms with E-state index in [0.717, 1.165) is 0 Å². The second kappa shape index (κ2) is 6.34. The van der Waals surface area contributed by atoms with Gasteiger partial charge in [-0.2, -0.15) is 0 Å². The Hall–Kier alpha value is -1.43. The third kappa shape index (κ3) is 4.14. The standard InChI is InChI=1S/C11H12BrFN2O2/c1-7(16)14-5-6-15-11(17)10-8(12)3-2-4-9(10)13/h2-4H,5-6H2,1H3,(H,14,16)(H,15,17). The average Bonchev–Trinajstić information content (AvgIpc) is 2.24. The van der Waals surface area contributed by atoms with E-state index in [-0.39, 0.29) is 18.0 Å². The van der Waals surface area contributed by atoms with Gasteiger partial charge in [-0.25, -0.2) is 4.39 Å². The predicted molar refractivity (Wildman–Crippen MR) is 65.1 cm³/mol. The number of carbonyl (C=O) groups is 2. The van der Waals surface area contributed by atoms with Crippen LogP contribution in [0.1, 0.15) is 17.3 Å². The van der Waals surface area contributed by atoms with Crippen LogP contribution in [0.15, 0.2) is 22.7 Å². The minimum atomic E-state index is -0.587. The smallest absolute Gasteiger partial charge is 0.255 e. The Morgan fingerprint density at radius 3 is 2.53 bits per heavy atom. The van der Waals surface area contributed by atoms with E-state index in [0.29, 0.717) is 11.0 Å². The Balaban J connectivity index is 2.55. The summed E-state index contributed by atoms with van der Waals surface area (Å²) in [5.74, 6) is -1.27. The second-order valence-corrected chi connectivity index (χ2v) is 4.19. The molecule has 92 valence electrons. The van der Waals surface area contributed by atoms with Crippen LogP contribution < -0.4 is 10.6 Å². The molecule has 0 atom stereocenters. The Labute approximate surface area is 107 Å². The minimum absolute atomic E-state index is 0.0321. The first-order chi connectivity index (χ1) is 8.02. The van der Waals surface area contributed by atoms with E-state index in [2.05, 4.69) is 26.6 Å². The normalized spacial score (nSPS) is 9.82. The maximum atomic E-state index is 13.4. The predicted octanol–water partition coefficient (Wildman–Crippen LogP) is 1.45. The zero-order valence-corrected chi connectivity index (χ0v) is 10.8. The summed E-state index contributed by atoms with van der Waals surface area (Å²) in [7, 11) is 0. The van der Waals surface area contributed by atoms with E-state index in [4.69, 9.17) is 0 Å². The van der Waals surface area contributed by atoms with Crippen molar-refractivity contribution in [2.45, 2.75) is 6.92 Å².